The molecule has 0 saturated heterocycles. The molecule has 0 radical (unpaired) electrons. The fourth-order valence-corrected chi connectivity index (χ4v) is 3.64. The molecule has 0 atom stereocenters. The van der Waals surface area contributed by atoms with E-state index in [0.717, 1.165) is 19.3 Å². The van der Waals surface area contributed by atoms with Crippen LogP contribution in [-0.4, -0.2) is 27.8 Å². The van der Waals surface area contributed by atoms with Gasteiger partial charge in [0.2, 0.25) is 16.9 Å². The Labute approximate surface area is 146 Å². The number of carbonyl (C=O) groups is 2. The second kappa shape index (κ2) is 7.71. The van der Waals surface area contributed by atoms with Crippen molar-refractivity contribution >= 4 is 45.7 Å². The minimum atomic E-state index is -0.406. The molecule has 0 bridgehead atoms. The summed E-state index contributed by atoms with van der Waals surface area (Å²) in [5, 5.41) is 13.6. The van der Waals surface area contributed by atoms with Gasteiger partial charge in [0, 0.05) is 11.6 Å². The Balaban J connectivity index is 1.46. The fraction of sp³-hybridized carbons (Fsp3) is 0.333. The van der Waals surface area contributed by atoms with E-state index in [0.29, 0.717) is 15.2 Å². The first-order valence-corrected chi connectivity index (χ1v) is 9.23. The molecule has 1 aromatic carbocycles. The van der Waals surface area contributed by atoms with Gasteiger partial charge in [0.1, 0.15) is 5.82 Å². The average Bonchev–Trinajstić information content (AvgIpc) is 2.91. The second-order valence-corrected chi connectivity index (χ2v) is 7.54. The molecule has 1 aromatic heterocycles. The molecule has 1 heterocycles. The first kappa shape index (κ1) is 16.8. The van der Waals surface area contributed by atoms with Gasteiger partial charge < -0.3 is 10.6 Å². The maximum atomic E-state index is 13.1. The third-order valence-electron chi connectivity index (χ3n) is 3.55. The van der Waals surface area contributed by atoms with Gasteiger partial charge in [0.25, 0.3) is 0 Å². The van der Waals surface area contributed by atoms with E-state index in [2.05, 4.69) is 20.8 Å². The van der Waals surface area contributed by atoms with Gasteiger partial charge in [-0.15, -0.1) is 10.2 Å². The fourth-order valence-electron chi connectivity index (χ4n) is 2.09. The Kier molecular flexibility index (Phi) is 5.41. The van der Waals surface area contributed by atoms with Crippen LogP contribution in [0, 0.1) is 11.7 Å². The van der Waals surface area contributed by atoms with Crippen molar-refractivity contribution in [1.29, 1.82) is 0 Å². The summed E-state index contributed by atoms with van der Waals surface area (Å²) < 4.78 is 13.6. The molecule has 6 nitrogen and oxygen atoms in total. The molecule has 1 saturated carbocycles. The maximum Gasteiger partial charge on any atom is 0.234 e. The second-order valence-electron chi connectivity index (χ2n) is 5.34. The van der Waals surface area contributed by atoms with Gasteiger partial charge in [-0.05, 0) is 31.0 Å². The molecule has 1 aliphatic carbocycles. The van der Waals surface area contributed by atoms with Gasteiger partial charge in [-0.25, -0.2) is 4.39 Å². The number of aromatic nitrogens is 2. The molecule has 2 aromatic rings. The number of anilines is 2. The zero-order valence-electron chi connectivity index (χ0n) is 12.6. The standard InChI is InChI=1S/C15H15FN4O2S2/c16-10-5-2-6-11(7-10)17-12(21)8-23-15-20-19-14(24-15)18-13(22)9-3-1-4-9/h2,5-7,9H,1,3-4,8H2,(H,17,21)(H,18,19,22). The Morgan fingerprint density at radius 2 is 2.12 bits per heavy atom. The first-order chi connectivity index (χ1) is 11.6. The number of thioether (sulfide) groups is 1. The van der Waals surface area contributed by atoms with Gasteiger partial charge in [-0.2, -0.15) is 0 Å². The Morgan fingerprint density at radius 3 is 2.83 bits per heavy atom. The SMILES string of the molecule is O=C(CSc1nnc(NC(=O)C2CCC2)s1)Nc1cccc(F)c1. The summed E-state index contributed by atoms with van der Waals surface area (Å²) in [6, 6.07) is 5.71. The molecule has 2 amide bonds. The number of carbonyl (C=O) groups excluding carboxylic acids is 2. The average molecular weight is 366 g/mol. The van der Waals surface area contributed by atoms with E-state index in [1.807, 2.05) is 0 Å². The lowest BCUT2D eigenvalue weighted by Crippen LogP contribution is -2.27. The van der Waals surface area contributed by atoms with E-state index in [9.17, 15) is 14.0 Å². The predicted molar refractivity (Wildman–Crippen MR) is 91.6 cm³/mol. The van der Waals surface area contributed by atoms with Crippen molar-refractivity contribution in [2.24, 2.45) is 5.92 Å². The minimum absolute atomic E-state index is 0.0159. The highest BCUT2D eigenvalue weighted by Crippen LogP contribution is 2.30. The number of nitrogens with one attached hydrogen (secondary N) is 2. The summed E-state index contributed by atoms with van der Waals surface area (Å²) in [6.07, 6.45) is 2.94. The zero-order valence-corrected chi connectivity index (χ0v) is 14.3. The van der Waals surface area contributed by atoms with E-state index in [1.165, 1.54) is 41.3 Å². The number of nitrogens with zero attached hydrogens (tertiary/aromatic N) is 2. The van der Waals surface area contributed by atoms with Gasteiger partial charge >= 0.3 is 0 Å². The lowest BCUT2D eigenvalue weighted by atomic mass is 9.85. The first-order valence-electron chi connectivity index (χ1n) is 7.43. The van der Waals surface area contributed by atoms with E-state index in [4.69, 9.17) is 0 Å². The number of rotatable bonds is 6. The van der Waals surface area contributed by atoms with Crippen LogP contribution in [0.5, 0.6) is 0 Å². The Morgan fingerprint density at radius 1 is 1.29 bits per heavy atom. The van der Waals surface area contributed by atoms with Crippen molar-refractivity contribution in [2.45, 2.75) is 23.6 Å². The maximum absolute atomic E-state index is 13.1. The monoisotopic (exact) mass is 366 g/mol. The highest BCUT2D eigenvalue weighted by atomic mass is 32.2. The molecule has 2 N–H and O–H groups in total. The summed E-state index contributed by atoms with van der Waals surface area (Å²) in [6.45, 7) is 0. The molecule has 9 heteroatoms. The van der Waals surface area contributed by atoms with Crippen LogP contribution < -0.4 is 10.6 Å². The molecule has 1 aliphatic rings. The van der Waals surface area contributed by atoms with Crippen LogP contribution in [-0.2, 0) is 9.59 Å². The normalized spacial score (nSPS) is 14.0. The van der Waals surface area contributed by atoms with Crippen molar-refractivity contribution < 1.29 is 14.0 Å². The van der Waals surface area contributed by atoms with Crippen LogP contribution in [0.25, 0.3) is 0 Å². The van der Waals surface area contributed by atoms with Crippen molar-refractivity contribution in [3.05, 3.63) is 30.1 Å². The number of amides is 2. The minimum Gasteiger partial charge on any atom is -0.325 e. The number of halogens is 1. The van der Waals surface area contributed by atoms with Crippen molar-refractivity contribution in [2.75, 3.05) is 16.4 Å². The van der Waals surface area contributed by atoms with E-state index >= 15 is 0 Å². The van der Waals surface area contributed by atoms with Gasteiger partial charge in [0.15, 0.2) is 4.34 Å². The molecular weight excluding hydrogens is 351 g/mol. The van der Waals surface area contributed by atoms with Crippen LogP contribution in [0.1, 0.15) is 19.3 Å². The van der Waals surface area contributed by atoms with Gasteiger partial charge in [0.05, 0.1) is 5.75 Å². The van der Waals surface area contributed by atoms with E-state index in [1.54, 1.807) is 6.07 Å². The summed E-state index contributed by atoms with van der Waals surface area (Å²) >= 11 is 2.45. The molecule has 3 rings (SSSR count). The lowest BCUT2D eigenvalue weighted by molar-refractivity contribution is -0.122. The summed E-state index contributed by atoms with van der Waals surface area (Å²) in [5.41, 5.74) is 0.409. The highest BCUT2D eigenvalue weighted by molar-refractivity contribution is 8.01. The number of hydrogen-bond donors (Lipinski definition) is 2. The van der Waals surface area contributed by atoms with Crippen molar-refractivity contribution in [1.82, 2.24) is 10.2 Å². The lowest BCUT2D eigenvalue weighted by Gasteiger charge is -2.23. The smallest absolute Gasteiger partial charge is 0.234 e. The zero-order chi connectivity index (χ0) is 16.9. The summed E-state index contributed by atoms with van der Waals surface area (Å²) in [7, 11) is 0. The van der Waals surface area contributed by atoms with Crippen LogP contribution in [0.3, 0.4) is 0 Å². The molecule has 0 aliphatic heterocycles. The third kappa shape index (κ3) is 4.51. The highest BCUT2D eigenvalue weighted by Gasteiger charge is 2.26. The number of hydrogen-bond acceptors (Lipinski definition) is 6. The molecule has 0 unspecified atom stereocenters. The molecule has 24 heavy (non-hydrogen) atoms. The Hall–Kier alpha value is -2.00. The Bertz CT molecular complexity index is 749. The van der Waals surface area contributed by atoms with E-state index < -0.39 is 5.82 Å². The largest absolute Gasteiger partial charge is 0.325 e. The number of benzene rings is 1. The molecular formula is C15H15FN4O2S2. The predicted octanol–water partition coefficient (Wildman–Crippen LogP) is 3.15. The third-order valence-corrected chi connectivity index (χ3v) is 5.52. The van der Waals surface area contributed by atoms with Crippen LogP contribution >= 0.6 is 23.1 Å². The molecule has 126 valence electrons. The van der Waals surface area contributed by atoms with Crippen molar-refractivity contribution in [3.8, 4) is 0 Å². The van der Waals surface area contributed by atoms with Crippen LogP contribution in [0.2, 0.25) is 0 Å². The summed E-state index contributed by atoms with van der Waals surface area (Å²) in [4.78, 5) is 23.7. The molecule has 0 spiro atoms. The van der Waals surface area contributed by atoms with Crippen LogP contribution in [0.15, 0.2) is 28.6 Å². The quantitative estimate of drug-likeness (QED) is 0.606. The van der Waals surface area contributed by atoms with Crippen molar-refractivity contribution in [3.63, 3.8) is 0 Å². The topological polar surface area (TPSA) is 84.0 Å². The molecule has 1 fully saturated rings. The van der Waals surface area contributed by atoms with Gasteiger partial charge in [-0.1, -0.05) is 35.6 Å². The van der Waals surface area contributed by atoms with Gasteiger partial charge in [-0.3, -0.25) is 9.59 Å². The summed E-state index contributed by atoms with van der Waals surface area (Å²) in [5.74, 6) is -0.473. The van der Waals surface area contributed by atoms with E-state index in [-0.39, 0.29) is 23.5 Å². The van der Waals surface area contributed by atoms with Crippen LogP contribution in [0.4, 0.5) is 15.2 Å².